The van der Waals surface area contributed by atoms with E-state index in [0.29, 0.717) is 30.2 Å². The average Bonchev–Trinajstić information content (AvgIpc) is 3.29. The van der Waals surface area contributed by atoms with Gasteiger partial charge in [0, 0.05) is 17.5 Å². The topological polar surface area (TPSA) is 85.1 Å². The van der Waals surface area contributed by atoms with Crippen molar-refractivity contribution in [2.24, 2.45) is 0 Å². The van der Waals surface area contributed by atoms with Gasteiger partial charge in [-0.05, 0) is 80.9 Å². The number of esters is 1. The van der Waals surface area contributed by atoms with Crippen molar-refractivity contribution in [3.8, 4) is 33.8 Å². The van der Waals surface area contributed by atoms with Crippen LogP contribution in [0.15, 0.2) is 36.4 Å². The molecule has 0 aliphatic heterocycles. The Balaban J connectivity index is 1.84. The van der Waals surface area contributed by atoms with Crippen LogP contribution in [-0.2, 0) is 22.4 Å². The Hall–Kier alpha value is -3.24. The smallest absolute Gasteiger partial charge is 0.305 e. The zero-order chi connectivity index (χ0) is 23.8. The number of hydrogen-bond acceptors (Lipinski definition) is 7. The summed E-state index contributed by atoms with van der Waals surface area (Å²) >= 11 is 1.35. The van der Waals surface area contributed by atoms with Gasteiger partial charge in [0.25, 0.3) is 0 Å². The largest absolute Gasteiger partial charge is 0.490 e. The van der Waals surface area contributed by atoms with Gasteiger partial charge >= 0.3 is 5.97 Å². The molecule has 0 saturated heterocycles. The number of aryl methyl sites for hydroxylation is 1. The molecule has 1 aromatic heterocycles. The third kappa shape index (κ3) is 6.17. The molecule has 0 spiro atoms. The molecule has 172 valence electrons. The van der Waals surface area contributed by atoms with Crippen LogP contribution < -0.4 is 4.74 Å². The van der Waals surface area contributed by atoms with Crippen LogP contribution in [0, 0.1) is 11.3 Å². The first-order valence-electron chi connectivity index (χ1n) is 11.3. The van der Waals surface area contributed by atoms with E-state index >= 15 is 0 Å². The Morgan fingerprint density at radius 1 is 1.21 bits per heavy atom. The molecule has 3 aromatic rings. The molecule has 0 fully saturated rings. The summed E-state index contributed by atoms with van der Waals surface area (Å²) in [4.78, 5) is 16.4. The Morgan fingerprint density at radius 2 is 2.03 bits per heavy atom. The summed E-state index contributed by atoms with van der Waals surface area (Å²) in [5.41, 5.74) is 4.76. The van der Waals surface area contributed by atoms with Crippen LogP contribution in [0.25, 0.3) is 22.0 Å². The van der Waals surface area contributed by atoms with Gasteiger partial charge in [0.15, 0.2) is 5.82 Å². The Kier molecular flexibility index (Phi) is 8.56. The molecule has 0 aliphatic carbocycles. The lowest BCUT2D eigenvalue weighted by Gasteiger charge is -2.12. The summed E-state index contributed by atoms with van der Waals surface area (Å²) in [5, 5.41) is 10.4. The predicted molar refractivity (Wildman–Crippen MR) is 130 cm³/mol. The monoisotopic (exact) mass is 463 g/mol. The second-order valence-electron chi connectivity index (χ2n) is 7.87. The molecule has 1 heterocycles. The van der Waals surface area contributed by atoms with Gasteiger partial charge in [-0.1, -0.05) is 25.1 Å². The molecule has 2 aromatic carbocycles. The van der Waals surface area contributed by atoms with Crippen LogP contribution in [0.3, 0.4) is 0 Å². The fourth-order valence-electron chi connectivity index (χ4n) is 3.71. The molecule has 3 rings (SSSR count). The van der Waals surface area contributed by atoms with E-state index in [0.717, 1.165) is 35.4 Å². The van der Waals surface area contributed by atoms with Gasteiger partial charge in [-0.25, -0.2) is 4.98 Å². The van der Waals surface area contributed by atoms with Gasteiger partial charge in [0.1, 0.15) is 16.8 Å². The molecule has 33 heavy (non-hydrogen) atoms. The molecule has 0 radical (unpaired) electrons. The van der Waals surface area contributed by atoms with E-state index in [-0.39, 0.29) is 12.1 Å². The van der Waals surface area contributed by atoms with Crippen molar-refractivity contribution in [3.05, 3.63) is 53.1 Å². The minimum Gasteiger partial charge on any atom is -0.490 e. The Labute approximate surface area is 199 Å². The number of carbonyl (C=O) groups excluding carboxylic acids is 1. The van der Waals surface area contributed by atoms with Crippen molar-refractivity contribution in [3.63, 3.8) is 0 Å². The van der Waals surface area contributed by atoms with E-state index < -0.39 is 0 Å². The SMILES string of the molecule is CCOC(=O)CCCc1cccc(-c2nc(-c3ccc(OC(C)C)c(C#N)c3)ns2)c1CC. The van der Waals surface area contributed by atoms with Gasteiger partial charge < -0.3 is 9.47 Å². The molecule has 7 heteroatoms. The Bertz CT molecular complexity index is 1150. The fraction of sp³-hybridized carbons (Fsp3) is 0.385. The van der Waals surface area contributed by atoms with Gasteiger partial charge in [0.05, 0.1) is 18.3 Å². The predicted octanol–water partition coefficient (Wildman–Crippen LogP) is 5.98. The van der Waals surface area contributed by atoms with E-state index in [1.165, 1.54) is 22.7 Å². The number of carbonyl (C=O) groups is 1. The lowest BCUT2D eigenvalue weighted by molar-refractivity contribution is -0.143. The van der Waals surface area contributed by atoms with Crippen LogP contribution >= 0.6 is 11.5 Å². The molecular weight excluding hydrogens is 434 g/mol. The van der Waals surface area contributed by atoms with Crippen LogP contribution in [-0.4, -0.2) is 28.0 Å². The molecule has 0 unspecified atom stereocenters. The first kappa shape index (κ1) is 24.4. The van der Waals surface area contributed by atoms with Crippen molar-refractivity contribution in [1.29, 1.82) is 5.26 Å². The number of rotatable bonds is 10. The van der Waals surface area contributed by atoms with Crippen molar-refractivity contribution in [2.75, 3.05) is 6.61 Å². The molecule has 0 amide bonds. The summed E-state index contributed by atoms with van der Waals surface area (Å²) in [6.45, 7) is 8.22. The molecule has 0 N–H and O–H groups in total. The quantitative estimate of drug-likeness (QED) is 0.344. The summed E-state index contributed by atoms with van der Waals surface area (Å²) in [7, 11) is 0. The molecule has 6 nitrogen and oxygen atoms in total. The lowest BCUT2D eigenvalue weighted by Crippen LogP contribution is -2.06. The molecule has 0 atom stereocenters. The number of nitriles is 1. The summed E-state index contributed by atoms with van der Waals surface area (Å²) in [6, 6.07) is 13.9. The zero-order valence-corrected chi connectivity index (χ0v) is 20.4. The van der Waals surface area contributed by atoms with Gasteiger partial charge in [-0.15, -0.1) is 0 Å². The van der Waals surface area contributed by atoms with Crippen LogP contribution in [0.2, 0.25) is 0 Å². The maximum absolute atomic E-state index is 11.7. The number of hydrogen-bond donors (Lipinski definition) is 0. The maximum atomic E-state index is 11.7. The second kappa shape index (κ2) is 11.6. The second-order valence-corrected chi connectivity index (χ2v) is 8.62. The van der Waals surface area contributed by atoms with E-state index in [9.17, 15) is 10.1 Å². The zero-order valence-electron chi connectivity index (χ0n) is 19.6. The highest BCUT2D eigenvalue weighted by Crippen LogP contribution is 2.32. The number of aromatic nitrogens is 2. The molecule has 0 saturated carbocycles. The highest BCUT2D eigenvalue weighted by Gasteiger charge is 2.16. The van der Waals surface area contributed by atoms with Crippen LogP contribution in [0.4, 0.5) is 0 Å². The Morgan fingerprint density at radius 3 is 2.73 bits per heavy atom. The molecule has 0 bridgehead atoms. The maximum Gasteiger partial charge on any atom is 0.305 e. The van der Waals surface area contributed by atoms with Gasteiger partial charge in [-0.2, -0.15) is 9.64 Å². The van der Waals surface area contributed by atoms with E-state index in [1.54, 1.807) is 12.1 Å². The number of nitrogens with zero attached hydrogens (tertiary/aromatic N) is 3. The highest BCUT2D eigenvalue weighted by atomic mass is 32.1. The number of ether oxygens (including phenoxy) is 2. The van der Waals surface area contributed by atoms with E-state index in [1.807, 2.05) is 32.9 Å². The minimum atomic E-state index is -0.151. The third-order valence-corrected chi connectivity index (χ3v) is 5.88. The summed E-state index contributed by atoms with van der Waals surface area (Å²) in [6.07, 6.45) is 2.83. The first-order valence-corrected chi connectivity index (χ1v) is 12.1. The summed E-state index contributed by atoms with van der Waals surface area (Å²) in [5.74, 6) is 1.01. The minimum absolute atomic E-state index is 0.0102. The van der Waals surface area contributed by atoms with Crippen molar-refractivity contribution < 1.29 is 14.3 Å². The standard InChI is InChI=1S/C26H29N3O3S/c1-5-21-18(10-8-12-24(30)31-6-2)9-7-11-22(21)26-28-25(29-33-26)19-13-14-23(32-17(3)4)20(15-19)16-27/h7,9,11,13-15,17H,5-6,8,10,12H2,1-4H3. The van der Waals surface area contributed by atoms with Crippen molar-refractivity contribution in [2.45, 2.75) is 59.5 Å². The summed E-state index contributed by atoms with van der Waals surface area (Å²) < 4.78 is 15.3. The van der Waals surface area contributed by atoms with Crippen molar-refractivity contribution >= 4 is 17.5 Å². The van der Waals surface area contributed by atoms with E-state index in [2.05, 4.69) is 29.5 Å². The molecular formula is C26H29N3O3S. The molecule has 0 aliphatic rings. The van der Waals surface area contributed by atoms with Crippen LogP contribution in [0.1, 0.15) is 57.2 Å². The normalized spacial score (nSPS) is 10.8. The first-order chi connectivity index (χ1) is 16.0. The van der Waals surface area contributed by atoms with Gasteiger partial charge in [-0.3, -0.25) is 4.79 Å². The van der Waals surface area contributed by atoms with Gasteiger partial charge in [0.2, 0.25) is 0 Å². The lowest BCUT2D eigenvalue weighted by atomic mass is 9.95. The highest BCUT2D eigenvalue weighted by molar-refractivity contribution is 7.09. The third-order valence-electron chi connectivity index (χ3n) is 5.14. The van der Waals surface area contributed by atoms with Crippen LogP contribution in [0.5, 0.6) is 5.75 Å². The number of benzene rings is 2. The average molecular weight is 464 g/mol. The fourth-order valence-corrected chi connectivity index (χ4v) is 4.44. The van der Waals surface area contributed by atoms with E-state index in [4.69, 9.17) is 14.5 Å². The van der Waals surface area contributed by atoms with Crippen molar-refractivity contribution in [1.82, 2.24) is 9.36 Å².